The number of aryl methyl sites for hydroxylation is 3. The van der Waals surface area contributed by atoms with Gasteiger partial charge >= 0.3 is 0 Å². The van der Waals surface area contributed by atoms with Crippen LogP contribution in [0.1, 0.15) is 49.4 Å². The molecule has 3 aromatic carbocycles. The zero-order chi connectivity index (χ0) is 29.6. The monoisotopic (exact) mass is 583 g/mol. The van der Waals surface area contributed by atoms with E-state index in [1.807, 2.05) is 52.0 Å². The maximum absolute atomic E-state index is 14.0. The van der Waals surface area contributed by atoms with Gasteiger partial charge in [-0.15, -0.1) is 0 Å². The third kappa shape index (κ3) is 7.64. The number of halogens is 1. The summed E-state index contributed by atoms with van der Waals surface area (Å²) in [5.41, 5.74) is 3.75. The molecule has 3 aromatic rings. The number of anilines is 1. The normalized spacial score (nSPS) is 12.9. The van der Waals surface area contributed by atoms with Crippen molar-refractivity contribution in [2.45, 2.75) is 71.5 Å². The molecule has 7 nitrogen and oxygen atoms in total. The minimum absolute atomic E-state index is 0.0629. The molecule has 2 amide bonds. The third-order valence-electron chi connectivity index (χ3n) is 6.96. The largest absolute Gasteiger partial charge is 0.352 e. The molecule has 40 heavy (non-hydrogen) atoms. The van der Waals surface area contributed by atoms with Gasteiger partial charge in [0.15, 0.2) is 0 Å². The number of carbonyl (C=O) groups excluding carboxylic acids is 2. The van der Waals surface area contributed by atoms with E-state index >= 15 is 0 Å². The van der Waals surface area contributed by atoms with Crippen molar-refractivity contribution in [2.75, 3.05) is 10.8 Å². The Labute approximate surface area is 243 Å². The van der Waals surface area contributed by atoms with Gasteiger partial charge in [0.25, 0.3) is 10.0 Å². The lowest BCUT2D eigenvalue weighted by atomic mass is 10.1. The molecule has 0 heterocycles. The summed E-state index contributed by atoms with van der Waals surface area (Å²) >= 11 is 6.17. The van der Waals surface area contributed by atoms with Crippen molar-refractivity contribution in [3.8, 4) is 0 Å². The number of benzene rings is 3. The molecule has 0 saturated carbocycles. The molecule has 0 bridgehead atoms. The predicted molar refractivity (Wildman–Crippen MR) is 161 cm³/mol. The first-order chi connectivity index (χ1) is 18.8. The number of hydrogen-bond donors (Lipinski definition) is 1. The Kier molecular flexibility index (Phi) is 10.4. The lowest BCUT2D eigenvalue weighted by Gasteiger charge is -2.33. The minimum Gasteiger partial charge on any atom is -0.352 e. The molecule has 0 aromatic heterocycles. The summed E-state index contributed by atoms with van der Waals surface area (Å²) in [7, 11) is -4.14. The summed E-state index contributed by atoms with van der Waals surface area (Å²) in [6, 6.07) is 18.1. The molecule has 214 valence electrons. The zero-order valence-electron chi connectivity index (χ0n) is 23.9. The molecule has 0 fully saturated rings. The lowest BCUT2D eigenvalue weighted by Crippen LogP contribution is -2.52. The van der Waals surface area contributed by atoms with Crippen LogP contribution in [0.5, 0.6) is 0 Å². The molecule has 0 aliphatic rings. The molecule has 0 saturated heterocycles. The standard InChI is InChI=1S/C31H38ClN3O4S/c1-7-24(5)33-31(37)25(6)34(19-26-12-8-21(2)9-13-26)30(36)20-35(29-17-14-27(32)18-23(29)4)40(38,39)28-15-10-22(3)11-16-28/h8-18,24-25H,7,19-20H2,1-6H3,(H,33,37)/t24-,25-/m1/s1. The summed E-state index contributed by atoms with van der Waals surface area (Å²) < 4.78 is 29.0. The molecule has 2 atom stereocenters. The highest BCUT2D eigenvalue weighted by Crippen LogP contribution is 2.29. The second-order valence-electron chi connectivity index (χ2n) is 10.3. The molecule has 0 spiro atoms. The van der Waals surface area contributed by atoms with Gasteiger partial charge in [0, 0.05) is 17.6 Å². The minimum atomic E-state index is -4.14. The van der Waals surface area contributed by atoms with Crippen molar-refractivity contribution in [1.82, 2.24) is 10.2 Å². The molecule has 9 heteroatoms. The smallest absolute Gasteiger partial charge is 0.264 e. The molecular formula is C31H38ClN3O4S. The van der Waals surface area contributed by atoms with E-state index in [1.54, 1.807) is 44.2 Å². The van der Waals surface area contributed by atoms with Crippen LogP contribution in [0, 0.1) is 20.8 Å². The molecule has 0 aliphatic carbocycles. The van der Waals surface area contributed by atoms with Crippen molar-refractivity contribution < 1.29 is 18.0 Å². The van der Waals surface area contributed by atoms with Crippen LogP contribution in [-0.2, 0) is 26.2 Å². The van der Waals surface area contributed by atoms with Crippen LogP contribution < -0.4 is 9.62 Å². The van der Waals surface area contributed by atoms with E-state index in [9.17, 15) is 18.0 Å². The van der Waals surface area contributed by atoms with E-state index < -0.39 is 28.5 Å². The number of nitrogens with zero attached hydrogens (tertiary/aromatic N) is 2. The van der Waals surface area contributed by atoms with E-state index in [-0.39, 0.29) is 23.4 Å². The predicted octanol–water partition coefficient (Wildman–Crippen LogP) is 5.79. The van der Waals surface area contributed by atoms with E-state index in [0.29, 0.717) is 16.3 Å². The van der Waals surface area contributed by atoms with E-state index in [2.05, 4.69) is 5.32 Å². The van der Waals surface area contributed by atoms with Gasteiger partial charge in [-0.3, -0.25) is 13.9 Å². The molecule has 1 N–H and O–H groups in total. The van der Waals surface area contributed by atoms with Gasteiger partial charge in [-0.1, -0.05) is 66.0 Å². The van der Waals surface area contributed by atoms with Gasteiger partial charge in [-0.25, -0.2) is 8.42 Å². The second-order valence-corrected chi connectivity index (χ2v) is 12.6. The van der Waals surface area contributed by atoms with Crippen LogP contribution in [0.25, 0.3) is 0 Å². The Hall–Kier alpha value is -3.36. The highest BCUT2D eigenvalue weighted by Gasteiger charge is 2.33. The fourth-order valence-electron chi connectivity index (χ4n) is 4.19. The average Bonchev–Trinajstić information content (AvgIpc) is 2.91. The average molecular weight is 584 g/mol. The molecule has 0 aliphatic heterocycles. The van der Waals surface area contributed by atoms with Gasteiger partial charge in [0.2, 0.25) is 11.8 Å². The summed E-state index contributed by atoms with van der Waals surface area (Å²) in [6.07, 6.45) is 0.739. The highest BCUT2D eigenvalue weighted by molar-refractivity contribution is 7.92. The topological polar surface area (TPSA) is 86.8 Å². The Morgan fingerprint density at radius 2 is 1.48 bits per heavy atom. The van der Waals surface area contributed by atoms with Gasteiger partial charge in [0.05, 0.1) is 10.6 Å². The van der Waals surface area contributed by atoms with Crippen molar-refractivity contribution in [3.63, 3.8) is 0 Å². The number of rotatable bonds is 11. The number of hydrogen-bond acceptors (Lipinski definition) is 4. The summed E-state index contributed by atoms with van der Waals surface area (Å²) in [5.74, 6) is -0.803. The summed E-state index contributed by atoms with van der Waals surface area (Å²) in [6.45, 7) is 10.8. The van der Waals surface area contributed by atoms with Crippen molar-refractivity contribution in [3.05, 3.63) is 94.0 Å². The summed E-state index contributed by atoms with van der Waals surface area (Å²) in [5, 5.41) is 3.40. The Morgan fingerprint density at radius 3 is 2.02 bits per heavy atom. The van der Waals surface area contributed by atoms with Gasteiger partial charge in [-0.2, -0.15) is 0 Å². The lowest BCUT2D eigenvalue weighted by molar-refractivity contribution is -0.139. The number of sulfonamides is 1. The third-order valence-corrected chi connectivity index (χ3v) is 8.97. The second kappa shape index (κ2) is 13.3. The first-order valence-corrected chi connectivity index (χ1v) is 15.2. The summed E-state index contributed by atoms with van der Waals surface area (Å²) in [4.78, 5) is 28.7. The molecule has 0 unspecified atom stereocenters. The first kappa shape index (κ1) is 31.2. The molecular weight excluding hydrogens is 546 g/mol. The Morgan fingerprint density at radius 1 is 0.900 bits per heavy atom. The zero-order valence-corrected chi connectivity index (χ0v) is 25.5. The van der Waals surface area contributed by atoms with Crippen molar-refractivity contribution in [1.29, 1.82) is 0 Å². The van der Waals surface area contributed by atoms with E-state index in [4.69, 9.17) is 11.6 Å². The number of amides is 2. The van der Waals surface area contributed by atoms with Crippen LogP contribution >= 0.6 is 11.6 Å². The SMILES string of the molecule is CC[C@@H](C)NC(=O)[C@@H](C)N(Cc1ccc(C)cc1)C(=O)CN(c1ccc(Cl)cc1C)S(=O)(=O)c1ccc(C)cc1. The van der Waals surface area contributed by atoms with Crippen LogP contribution in [0.15, 0.2) is 71.6 Å². The number of carbonyl (C=O) groups is 2. The maximum Gasteiger partial charge on any atom is 0.264 e. The van der Waals surface area contributed by atoms with E-state index in [0.717, 1.165) is 27.4 Å². The van der Waals surface area contributed by atoms with Crippen LogP contribution in [-0.4, -0.2) is 43.8 Å². The fourth-order valence-corrected chi connectivity index (χ4v) is 5.89. The van der Waals surface area contributed by atoms with Crippen molar-refractivity contribution >= 4 is 39.1 Å². The van der Waals surface area contributed by atoms with Crippen LogP contribution in [0.2, 0.25) is 5.02 Å². The van der Waals surface area contributed by atoms with Crippen molar-refractivity contribution in [2.24, 2.45) is 0 Å². The maximum atomic E-state index is 14.0. The Balaban J connectivity index is 2.05. The van der Waals surface area contributed by atoms with Crippen LogP contribution in [0.4, 0.5) is 5.69 Å². The number of nitrogens with one attached hydrogen (secondary N) is 1. The van der Waals surface area contributed by atoms with Gasteiger partial charge in [-0.05, 0) is 82.5 Å². The fraction of sp³-hybridized carbons (Fsp3) is 0.355. The van der Waals surface area contributed by atoms with E-state index in [1.165, 1.54) is 17.0 Å². The molecule has 3 rings (SSSR count). The van der Waals surface area contributed by atoms with Gasteiger partial charge < -0.3 is 10.2 Å². The molecule has 0 radical (unpaired) electrons. The quantitative estimate of drug-likeness (QED) is 0.309. The highest BCUT2D eigenvalue weighted by atomic mass is 35.5. The van der Waals surface area contributed by atoms with Crippen LogP contribution in [0.3, 0.4) is 0 Å². The first-order valence-electron chi connectivity index (χ1n) is 13.3. The Bertz CT molecular complexity index is 1440. The van der Waals surface area contributed by atoms with Gasteiger partial charge in [0.1, 0.15) is 12.6 Å².